The average molecular weight is 314 g/mol. The lowest BCUT2D eigenvalue weighted by molar-refractivity contribution is -0.0878. The second kappa shape index (κ2) is 6.42. The fourth-order valence-electron chi connectivity index (χ4n) is 2.41. The molecule has 0 atom stereocenters. The third-order valence-corrected chi connectivity index (χ3v) is 4.66. The molecule has 1 amide bonds. The van der Waals surface area contributed by atoms with Gasteiger partial charge in [-0.3, -0.25) is 0 Å². The van der Waals surface area contributed by atoms with Gasteiger partial charge >= 0.3 is 6.09 Å². The normalized spacial score (nSPS) is 12.8. The Morgan fingerprint density at radius 1 is 1.00 bits per heavy atom. The number of carbonyl (C=O) groups is 1. The zero-order valence-corrected chi connectivity index (χ0v) is 13.5. The number of para-hydroxylation sites is 2. The van der Waals surface area contributed by atoms with Gasteiger partial charge in [0.1, 0.15) is 0 Å². The van der Waals surface area contributed by atoms with Crippen molar-refractivity contribution in [1.29, 1.82) is 0 Å². The van der Waals surface area contributed by atoms with Crippen molar-refractivity contribution in [2.75, 3.05) is 18.0 Å². The van der Waals surface area contributed by atoms with Gasteiger partial charge in [0, 0.05) is 22.9 Å². The summed E-state index contributed by atoms with van der Waals surface area (Å²) in [5.41, 5.74) is 1.73. The van der Waals surface area contributed by atoms with Crippen LogP contribution in [0, 0.1) is 0 Å². The molecule has 1 aliphatic rings. The third kappa shape index (κ3) is 2.69. The van der Waals surface area contributed by atoms with Gasteiger partial charge in [0.15, 0.2) is 0 Å². The van der Waals surface area contributed by atoms with Gasteiger partial charge in [-0.15, -0.1) is 5.06 Å². The summed E-state index contributed by atoms with van der Waals surface area (Å²) in [7, 11) is 0. The van der Waals surface area contributed by atoms with Crippen molar-refractivity contribution in [2.24, 2.45) is 0 Å². The van der Waals surface area contributed by atoms with Crippen LogP contribution in [0.25, 0.3) is 0 Å². The Bertz CT molecular complexity index is 640. The van der Waals surface area contributed by atoms with Gasteiger partial charge in [-0.25, -0.2) is 9.69 Å². The van der Waals surface area contributed by atoms with Crippen LogP contribution in [0.4, 0.5) is 16.2 Å². The van der Waals surface area contributed by atoms with Crippen LogP contribution in [-0.4, -0.2) is 24.2 Å². The Hall–Kier alpha value is -1.98. The van der Waals surface area contributed by atoms with Crippen molar-refractivity contribution in [3.63, 3.8) is 0 Å². The highest BCUT2D eigenvalue weighted by Crippen LogP contribution is 2.48. The van der Waals surface area contributed by atoms with E-state index in [-0.39, 0.29) is 6.09 Å². The molecule has 0 unspecified atom stereocenters. The summed E-state index contributed by atoms with van der Waals surface area (Å²) in [5, 5.41) is 1.65. The van der Waals surface area contributed by atoms with Crippen LogP contribution in [-0.2, 0) is 4.84 Å². The summed E-state index contributed by atoms with van der Waals surface area (Å²) in [6.07, 6.45) is -0.371. The first-order valence-corrected chi connectivity index (χ1v) is 8.19. The van der Waals surface area contributed by atoms with Crippen molar-refractivity contribution < 1.29 is 9.63 Å². The first kappa shape index (κ1) is 14.9. The number of hydrogen-bond acceptors (Lipinski definition) is 4. The maximum atomic E-state index is 12.7. The Morgan fingerprint density at radius 2 is 1.50 bits per heavy atom. The first-order chi connectivity index (χ1) is 10.7. The van der Waals surface area contributed by atoms with E-state index in [2.05, 4.69) is 0 Å². The second-order valence-corrected chi connectivity index (χ2v) is 5.93. The van der Waals surface area contributed by atoms with Crippen LogP contribution in [0.3, 0.4) is 0 Å². The van der Waals surface area contributed by atoms with E-state index in [1.807, 2.05) is 62.4 Å². The topological polar surface area (TPSA) is 32.8 Å². The van der Waals surface area contributed by atoms with Crippen LogP contribution >= 0.6 is 11.8 Å². The number of benzene rings is 2. The summed E-state index contributed by atoms with van der Waals surface area (Å²) >= 11 is 1.67. The van der Waals surface area contributed by atoms with Crippen LogP contribution in [0.15, 0.2) is 58.3 Å². The molecule has 0 aromatic heterocycles. The monoisotopic (exact) mass is 314 g/mol. The van der Waals surface area contributed by atoms with E-state index in [1.54, 1.807) is 21.7 Å². The number of anilines is 2. The standard InChI is InChI=1S/C17H18N2O2S/c1-3-18(4-2)21-17(20)19-13-9-5-7-11-15(13)22-16-12-8-6-10-14(16)19/h5-12H,3-4H2,1-2H3. The SMILES string of the molecule is CCN(CC)OC(=O)N1c2ccccc2Sc2ccccc21. The highest BCUT2D eigenvalue weighted by atomic mass is 32.2. The second-order valence-electron chi connectivity index (χ2n) is 4.84. The molecule has 22 heavy (non-hydrogen) atoms. The molecule has 3 rings (SSSR count). The van der Waals surface area contributed by atoms with E-state index < -0.39 is 0 Å². The summed E-state index contributed by atoms with van der Waals surface area (Å²) < 4.78 is 0. The molecule has 5 heteroatoms. The molecule has 2 aromatic rings. The molecule has 114 valence electrons. The number of amides is 1. The molecule has 0 saturated carbocycles. The number of hydrogen-bond donors (Lipinski definition) is 0. The minimum Gasteiger partial charge on any atom is -0.350 e. The molecular weight excluding hydrogens is 296 g/mol. The van der Waals surface area contributed by atoms with Crippen LogP contribution in [0.5, 0.6) is 0 Å². The first-order valence-electron chi connectivity index (χ1n) is 7.37. The quantitative estimate of drug-likeness (QED) is 0.770. The van der Waals surface area contributed by atoms with Crippen molar-refractivity contribution in [3.8, 4) is 0 Å². The predicted molar refractivity (Wildman–Crippen MR) is 88.5 cm³/mol. The molecule has 0 N–H and O–H groups in total. The van der Waals surface area contributed by atoms with Crippen molar-refractivity contribution in [1.82, 2.24) is 5.06 Å². The van der Waals surface area contributed by atoms with Crippen molar-refractivity contribution >= 4 is 29.2 Å². The Labute approximate surface area is 134 Å². The zero-order valence-electron chi connectivity index (χ0n) is 12.7. The van der Waals surface area contributed by atoms with E-state index in [9.17, 15) is 4.79 Å². The lowest BCUT2D eigenvalue weighted by atomic mass is 10.2. The Kier molecular flexibility index (Phi) is 4.36. The van der Waals surface area contributed by atoms with Gasteiger partial charge in [-0.05, 0) is 38.1 Å². The van der Waals surface area contributed by atoms with E-state index in [0.717, 1.165) is 21.2 Å². The highest BCUT2D eigenvalue weighted by Gasteiger charge is 2.29. The molecular formula is C17H18N2O2S. The number of nitrogens with zero attached hydrogens (tertiary/aromatic N) is 2. The van der Waals surface area contributed by atoms with E-state index in [4.69, 9.17) is 4.84 Å². The van der Waals surface area contributed by atoms with Crippen LogP contribution in [0.1, 0.15) is 13.8 Å². The smallest absolute Gasteiger partial charge is 0.350 e. The molecule has 0 saturated heterocycles. The van der Waals surface area contributed by atoms with E-state index in [0.29, 0.717) is 13.1 Å². The molecule has 0 spiro atoms. The largest absolute Gasteiger partial charge is 0.438 e. The Balaban J connectivity index is 2.01. The molecule has 0 radical (unpaired) electrons. The maximum Gasteiger partial charge on any atom is 0.438 e. The number of rotatable bonds is 3. The van der Waals surface area contributed by atoms with Gasteiger partial charge in [-0.2, -0.15) is 0 Å². The fraction of sp³-hybridized carbons (Fsp3) is 0.235. The summed E-state index contributed by atoms with van der Waals surface area (Å²) in [6, 6.07) is 15.8. The minimum atomic E-state index is -0.371. The summed E-state index contributed by atoms with van der Waals surface area (Å²) in [6.45, 7) is 5.25. The minimum absolute atomic E-state index is 0.371. The molecule has 0 fully saturated rings. The lowest BCUT2D eigenvalue weighted by Crippen LogP contribution is -2.36. The average Bonchev–Trinajstić information content (AvgIpc) is 2.57. The third-order valence-electron chi connectivity index (χ3n) is 3.53. The maximum absolute atomic E-state index is 12.7. The van der Waals surface area contributed by atoms with Gasteiger partial charge in [0.25, 0.3) is 0 Å². The lowest BCUT2D eigenvalue weighted by Gasteiger charge is -2.31. The highest BCUT2D eigenvalue weighted by molar-refractivity contribution is 7.99. The molecule has 1 heterocycles. The van der Waals surface area contributed by atoms with Crippen molar-refractivity contribution in [3.05, 3.63) is 48.5 Å². The molecule has 1 aliphatic heterocycles. The molecule has 4 nitrogen and oxygen atoms in total. The van der Waals surface area contributed by atoms with Gasteiger partial charge < -0.3 is 4.84 Å². The fourth-order valence-corrected chi connectivity index (χ4v) is 3.46. The van der Waals surface area contributed by atoms with Gasteiger partial charge in [-0.1, -0.05) is 36.0 Å². The van der Waals surface area contributed by atoms with Crippen LogP contribution < -0.4 is 4.90 Å². The van der Waals surface area contributed by atoms with E-state index >= 15 is 0 Å². The van der Waals surface area contributed by atoms with E-state index in [1.165, 1.54) is 0 Å². The van der Waals surface area contributed by atoms with Gasteiger partial charge in [0.2, 0.25) is 0 Å². The zero-order chi connectivity index (χ0) is 15.5. The number of hydroxylamine groups is 2. The Morgan fingerprint density at radius 3 is 2.00 bits per heavy atom. The van der Waals surface area contributed by atoms with Gasteiger partial charge in [0.05, 0.1) is 11.4 Å². The number of carbonyl (C=O) groups excluding carboxylic acids is 1. The summed E-state index contributed by atoms with van der Waals surface area (Å²) in [5.74, 6) is 0. The molecule has 2 aromatic carbocycles. The number of fused-ring (bicyclic) bond motifs is 2. The molecule has 0 bridgehead atoms. The predicted octanol–water partition coefficient (Wildman–Crippen LogP) is 4.68. The van der Waals surface area contributed by atoms with Crippen LogP contribution in [0.2, 0.25) is 0 Å². The summed E-state index contributed by atoms with van der Waals surface area (Å²) in [4.78, 5) is 22.0. The van der Waals surface area contributed by atoms with Crippen molar-refractivity contribution in [2.45, 2.75) is 23.6 Å². The molecule has 0 aliphatic carbocycles.